The van der Waals surface area contributed by atoms with Gasteiger partial charge >= 0.3 is 0 Å². The Morgan fingerprint density at radius 2 is 2.14 bits per heavy atom. The summed E-state index contributed by atoms with van der Waals surface area (Å²) in [4.78, 5) is 6.93. The molecule has 2 N–H and O–H groups in total. The Labute approximate surface area is 131 Å². The zero-order valence-corrected chi connectivity index (χ0v) is 12.9. The monoisotopic (exact) mass is 300 g/mol. The van der Waals surface area contributed by atoms with E-state index in [1.807, 2.05) is 18.2 Å². The first-order chi connectivity index (χ1) is 10.8. The minimum atomic E-state index is 0.713. The molecule has 1 aromatic carbocycles. The molecule has 1 unspecified atom stereocenters. The first-order valence-electron chi connectivity index (χ1n) is 8.11. The molecule has 1 atom stereocenters. The summed E-state index contributed by atoms with van der Waals surface area (Å²) in [7, 11) is 0. The van der Waals surface area contributed by atoms with Crippen LogP contribution in [0.5, 0.6) is 0 Å². The smallest absolute Gasteiger partial charge is 0.240 e. The van der Waals surface area contributed by atoms with Gasteiger partial charge in [-0.1, -0.05) is 35.5 Å². The maximum atomic E-state index is 5.67. The van der Waals surface area contributed by atoms with Crippen LogP contribution in [0, 0.1) is 5.92 Å². The maximum absolute atomic E-state index is 5.67. The van der Waals surface area contributed by atoms with Crippen molar-refractivity contribution in [3.63, 3.8) is 0 Å². The van der Waals surface area contributed by atoms with Gasteiger partial charge in [-0.05, 0) is 43.8 Å². The summed E-state index contributed by atoms with van der Waals surface area (Å²) < 4.78 is 5.41. The number of piperidine rings is 1. The van der Waals surface area contributed by atoms with Crippen molar-refractivity contribution in [2.45, 2.75) is 32.2 Å². The van der Waals surface area contributed by atoms with Gasteiger partial charge in [-0.15, -0.1) is 0 Å². The summed E-state index contributed by atoms with van der Waals surface area (Å²) in [5, 5.41) is 4.10. The Bertz CT molecular complexity index is 567. The fourth-order valence-electron chi connectivity index (χ4n) is 3.16. The lowest BCUT2D eigenvalue weighted by Gasteiger charge is -2.31. The highest BCUT2D eigenvalue weighted by atomic mass is 16.5. The third-order valence-electron chi connectivity index (χ3n) is 4.25. The van der Waals surface area contributed by atoms with Gasteiger partial charge in [0.2, 0.25) is 5.89 Å². The number of nitrogens with two attached hydrogens (primary N) is 1. The van der Waals surface area contributed by atoms with Gasteiger partial charge < -0.3 is 10.3 Å². The minimum absolute atomic E-state index is 0.713. The summed E-state index contributed by atoms with van der Waals surface area (Å²) in [6.07, 6.45) is 4.35. The predicted molar refractivity (Wildman–Crippen MR) is 85.2 cm³/mol. The molecule has 1 aliphatic heterocycles. The Kier molecular flexibility index (Phi) is 5.19. The number of rotatable bonds is 6. The highest BCUT2D eigenvalue weighted by Gasteiger charge is 2.21. The fraction of sp³-hybridized carbons (Fsp3) is 0.529. The molecule has 5 nitrogen and oxygen atoms in total. The van der Waals surface area contributed by atoms with Crippen LogP contribution in [0.1, 0.15) is 36.5 Å². The largest absolute Gasteiger partial charge is 0.338 e. The fourth-order valence-corrected chi connectivity index (χ4v) is 3.16. The van der Waals surface area contributed by atoms with Crippen molar-refractivity contribution in [1.29, 1.82) is 0 Å². The maximum Gasteiger partial charge on any atom is 0.240 e. The number of aromatic nitrogens is 2. The quantitative estimate of drug-likeness (QED) is 0.886. The van der Waals surface area contributed by atoms with Gasteiger partial charge in [0.1, 0.15) is 0 Å². The second-order valence-electron chi connectivity index (χ2n) is 6.09. The van der Waals surface area contributed by atoms with E-state index in [0.29, 0.717) is 5.92 Å². The lowest BCUT2D eigenvalue weighted by Crippen LogP contribution is -2.35. The van der Waals surface area contributed by atoms with E-state index in [9.17, 15) is 0 Å². The number of hydrogen-bond donors (Lipinski definition) is 1. The molecule has 1 aliphatic rings. The van der Waals surface area contributed by atoms with Crippen LogP contribution in [-0.4, -0.2) is 34.7 Å². The van der Waals surface area contributed by atoms with Crippen molar-refractivity contribution in [2.24, 2.45) is 11.7 Å². The summed E-state index contributed by atoms with van der Waals surface area (Å²) in [6.45, 7) is 3.73. The number of likely N-dealkylation sites (tertiary alicyclic amines) is 1. The van der Waals surface area contributed by atoms with E-state index >= 15 is 0 Å². The molecule has 0 spiro atoms. The average Bonchev–Trinajstić information content (AvgIpc) is 2.96. The average molecular weight is 300 g/mol. The molecule has 5 heteroatoms. The van der Waals surface area contributed by atoms with Gasteiger partial charge in [0.05, 0.1) is 6.54 Å². The van der Waals surface area contributed by atoms with E-state index in [-0.39, 0.29) is 0 Å². The normalized spacial score (nSPS) is 19.4. The Morgan fingerprint density at radius 1 is 1.27 bits per heavy atom. The topological polar surface area (TPSA) is 68.2 Å². The van der Waals surface area contributed by atoms with Crippen LogP contribution in [-0.2, 0) is 13.0 Å². The van der Waals surface area contributed by atoms with E-state index in [1.54, 1.807) is 0 Å². The standard InChI is InChI=1S/C17H24N4O/c18-9-8-15-7-4-10-21(12-15)13-17-19-16(20-22-17)11-14-5-2-1-3-6-14/h1-3,5-6,15H,4,7-13,18H2. The second kappa shape index (κ2) is 7.51. The highest BCUT2D eigenvalue weighted by Crippen LogP contribution is 2.20. The number of benzene rings is 1. The first kappa shape index (κ1) is 15.2. The lowest BCUT2D eigenvalue weighted by atomic mass is 9.95. The van der Waals surface area contributed by atoms with E-state index in [0.717, 1.165) is 50.7 Å². The van der Waals surface area contributed by atoms with Crippen LogP contribution in [0.15, 0.2) is 34.9 Å². The van der Waals surface area contributed by atoms with Crippen molar-refractivity contribution >= 4 is 0 Å². The molecular formula is C17H24N4O. The van der Waals surface area contributed by atoms with Crippen molar-refractivity contribution in [3.05, 3.63) is 47.6 Å². The predicted octanol–water partition coefficient (Wildman–Crippen LogP) is 2.22. The molecular weight excluding hydrogens is 276 g/mol. The third-order valence-corrected chi connectivity index (χ3v) is 4.25. The van der Waals surface area contributed by atoms with Gasteiger partial charge in [0.25, 0.3) is 0 Å². The van der Waals surface area contributed by atoms with Crippen molar-refractivity contribution in [2.75, 3.05) is 19.6 Å². The van der Waals surface area contributed by atoms with Gasteiger partial charge in [0.15, 0.2) is 5.82 Å². The van der Waals surface area contributed by atoms with E-state index in [4.69, 9.17) is 10.3 Å². The van der Waals surface area contributed by atoms with Crippen LogP contribution in [0.4, 0.5) is 0 Å². The third kappa shape index (κ3) is 4.15. The Hall–Kier alpha value is -1.72. The SMILES string of the molecule is NCCC1CCCN(Cc2nc(Cc3ccccc3)no2)C1. The van der Waals surface area contributed by atoms with Crippen molar-refractivity contribution < 1.29 is 4.52 Å². The van der Waals surface area contributed by atoms with Crippen molar-refractivity contribution in [1.82, 2.24) is 15.0 Å². The van der Waals surface area contributed by atoms with Crippen LogP contribution in [0.2, 0.25) is 0 Å². The molecule has 1 fully saturated rings. The summed E-state index contributed by atoms with van der Waals surface area (Å²) >= 11 is 0. The summed E-state index contributed by atoms with van der Waals surface area (Å²) in [5.74, 6) is 2.20. The molecule has 118 valence electrons. The molecule has 0 amide bonds. The van der Waals surface area contributed by atoms with Gasteiger partial charge in [-0.25, -0.2) is 0 Å². The number of nitrogens with zero attached hydrogens (tertiary/aromatic N) is 3. The molecule has 3 rings (SSSR count). The van der Waals surface area contributed by atoms with Crippen LogP contribution >= 0.6 is 0 Å². The van der Waals surface area contributed by atoms with E-state index < -0.39 is 0 Å². The summed E-state index contributed by atoms with van der Waals surface area (Å²) in [6, 6.07) is 10.2. The van der Waals surface area contributed by atoms with Crippen molar-refractivity contribution in [3.8, 4) is 0 Å². The Morgan fingerprint density at radius 3 is 2.95 bits per heavy atom. The molecule has 0 aliphatic carbocycles. The molecule has 0 bridgehead atoms. The second-order valence-corrected chi connectivity index (χ2v) is 6.09. The Balaban J connectivity index is 1.55. The molecule has 2 heterocycles. The van der Waals surface area contributed by atoms with Crippen LogP contribution < -0.4 is 5.73 Å². The van der Waals surface area contributed by atoms with Crippen LogP contribution in [0.25, 0.3) is 0 Å². The molecule has 1 saturated heterocycles. The van der Waals surface area contributed by atoms with Gasteiger partial charge in [-0.3, -0.25) is 4.90 Å². The summed E-state index contributed by atoms with van der Waals surface area (Å²) in [5.41, 5.74) is 6.88. The lowest BCUT2D eigenvalue weighted by molar-refractivity contribution is 0.146. The number of hydrogen-bond acceptors (Lipinski definition) is 5. The molecule has 2 aromatic rings. The van der Waals surface area contributed by atoms with E-state index in [2.05, 4.69) is 27.2 Å². The molecule has 22 heavy (non-hydrogen) atoms. The highest BCUT2D eigenvalue weighted by molar-refractivity contribution is 5.18. The molecule has 0 radical (unpaired) electrons. The van der Waals surface area contributed by atoms with Crippen LogP contribution in [0.3, 0.4) is 0 Å². The minimum Gasteiger partial charge on any atom is -0.338 e. The van der Waals surface area contributed by atoms with Gasteiger partial charge in [0, 0.05) is 13.0 Å². The molecule has 0 saturated carbocycles. The van der Waals surface area contributed by atoms with Gasteiger partial charge in [-0.2, -0.15) is 4.98 Å². The molecule has 1 aromatic heterocycles. The zero-order valence-electron chi connectivity index (χ0n) is 12.9. The zero-order chi connectivity index (χ0) is 15.2. The first-order valence-corrected chi connectivity index (χ1v) is 8.11. The van der Waals surface area contributed by atoms with E-state index in [1.165, 1.54) is 18.4 Å².